The lowest BCUT2D eigenvalue weighted by Gasteiger charge is -2.43. The van der Waals surface area contributed by atoms with Gasteiger partial charge in [-0.05, 0) is 76.5 Å². The standard InChI is InChI=1S/C20H32/c1-15-7-6-8-16(2)10-14-19-17(3)11-13-18(12-9-15)20(19,4)5/h8,18H,1,6-7,9-14H2,2-5H3/b16-8-/t18-/m1/s1. The summed E-state index contributed by atoms with van der Waals surface area (Å²) in [6.45, 7) is 13.9. The molecular formula is C20H32. The van der Waals surface area contributed by atoms with Crippen molar-refractivity contribution in [1.29, 1.82) is 0 Å². The molecule has 0 saturated heterocycles. The van der Waals surface area contributed by atoms with Crippen molar-refractivity contribution in [3.8, 4) is 0 Å². The summed E-state index contributed by atoms with van der Waals surface area (Å²) < 4.78 is 0. The van der Waals surface area contributed by atoms with Crippen molar-refractivity contribution in [2.45, 2.75) is 79.1 Å². The molecule has 2 bridgehead atoms. The van der Waals surface area contributed by atoms with E-state index in [9.17, 15) is 0 Å². The van der Waals surface area contributed by atoms with Crippen LogP contribution in [0, 0.1) is 11.3 Å². The van der Waals surface area contributed by atoms with Crippen molar-refractivity contribution < 1.29 is 0 Å². The zero-order valence-electron chi connectivity index (χ0n) is 14.0. The first-order chi connectivity index (χ1) is 9.41. The highest BCUT2D eigenvalue weighted by molar-refractivity contribution is 5.25. The van der Waals surface area contributed by atoms with Crippen LogP contribution in [0.4, 0.5) is 0 Å². The molecule has 2 aliphatic carbocycles. The Kier molecular flexibility index (Phi) is 4.94. The van der Waals surface area contributed by atoms with Gasteiger partial charge in [0.1, 0.15) is 0 Å². The summed E-state index contributed by atoms with van der Waals surface area (Å²) in [6.07, 6.45) is 12.6. The van der Waals surface area contributed by atoms with Gasteiger partial charge in [0.25, 0.3) is 0 Å². The minimum atomic E-state index is 0.391. The van der Waals surface area contributed by atoms with Crippen LogP contribution in [0.25, 0.3) is 0 Å². The smallest absolute Gasteiger partial charge is 0.0114 e. The largest absolute Gasteiger partial charge is 0.0999 e. The van der Waals surface area contributed by atoms with Crippen molar-refractivity contribution in [2.75, 3.05) is 0 Å². The molecule has 0 fully saturated rings. The lowest BCUT2D eigenvalue weighted by molar-refractivity contribution is 0.208. The van der Waals surface area contributed by atoms with Gasteiger partial charge in [-0.25, -0.2) is 0 Å². The molecule has 0 aromatic carbocycles. The SMILES string of the molecule is C=C1CC/C=C(/C)CCC2=C(C)CC[C@@H](CC1)C2(C)C. The minimum Gasteiger partial charge on any atom is -0.0999 e. The Balaban J connectivity index is 2.27. The summed E-state index contributed by atoms with van der Waals surface area (Å²) in [7, 11) is 0. The molecule has 1 atom stereocenters. The van der Waals surface area contributed by atoms with Crippen molar-refractivity contribution in [3.63, 3.8) is 0 Å². The number of fused-ring (bicyclic) bond motifs is 2. The number of rotatable bonds is 0. The molecule has 0 amide bonds. The van der Waals surface area contributed by atoms with Crippen LogP contribution in [0.2, 0.25) is 0 Å². The van der Waals surface area contributed by atoms with Gasteiger partial charge in [-0.1, -0.05) is 48.8 Å². The van der Waals surface area contributed by atoms with Gasteiger partial charge in [0.15, 0.2) is 0 Å². The van der Waals surface area contributed by atoms with Crippen LogP contribution < -0.4 is 0 Å². The van der Waals surface area contributed by atoms with E-state index < -0.39 is 0 Å². The third kappa shape index (κ3) is 3.45. The Hall–Kier alpha value is -0.780. The van der Waals surface area contributed by atoms with E-state index in [2.05, 4.69) is 40.3 Å². The van der Waals surface area contributed by atoms with E-state index in [0.29, 0.717) is 5.41 Å². The number of hydrogen-bond acceptors (Lipinski definition) is 0. The molecule has 2 aliphatic rings. The van der Waals surface area contributed by atoms with E-state index in [-0.39, 0.29) is 0 Å². The van der Waals surface area contributed by atoms with Crippen LogP contribution in [-0.4, -0.2) is 0 Å². The van der Waals surface area contributed by atoms with Gasteiger partial charge in [0.05, 0.1) is 0 Å². The molecule has 0 spiro atoms. The van der Waals surface area contributed by atoms with E-state index in [0.717, 1.165) is 5.92 Å². The predicted molar refractivity (Wildman–Crippen MR) is 89.8 cm³/mol. The molecule has 0 saturated carbocycles. The molecule has 0 aliphatic heterocycles. The number of allylic oxidation sites excluding steroid dienone is 5. The molecule has 20 heavy (non-hydrogen) atoms. The fraction of sp³-hybridized carbons (Fsp3) is 0.700. The molecule has 2 rings (SSSR count). The molecule has 0 nitrogen and oxygen atoms in total. The van der Waals surface area contributed by atoms with Crippen LogP contribution >= 0.6 is 0 Å². The second-order valence-corrected chi connectivity index (χ2v) is 7.59. The van der Waals surface area contributed by atoms with Crippen LogP contribution in [0.15, 0.2) is 34.9 Å². The van der Waals surface area contributed by atoms with Crippen molar-refractivity contribution in [1.82, 2.24) is 0 Å². The van der Waals surface area contributed by atoms with Gasteiger partial charge in [-0.3, -0.25) is 0 Å². The maximum absolute atomic E-state index is 4.29. The first-order valence-electron chi connectivity index (χ1n) is 8.42. The van der Waals surface area contributed by atoms with Crippen LogP contribution in [-0.2, 0) is 0 Å². The van der Waals surface area contributed by atoms with E-state index in [1.807, 2.05) is 0 Å². The predicted octanol–water partition coefficient (Wildman–Crippen LogP) is 6.60. The molecule has 0 heterocycles. The summed E-state index contributed by atoms with van der Waals surface area (Å²) in [4.78, 5) is 0. The molecule has 0 heteroatoms. The quantitative estimate of drug-likeness (QED) is 0.436. The van der Waals surface area contributed by atoms with E-state index in [1.165, 1.54) is 56.9 Å². The van der Waals surface area contributed by atoms with Gasteiger partial charge in [-0.15, -0.1) is 0 Å². The fourth-order valence-electron chi connectivity index (χ4n) is 4.19. The first kappa shape index (κ1) is 15.6. The molecule has 0 aromatic rings. The molecule has 0 aromatic heterocycles. The molecular weight excluding hydrogens is 240 g/mol. The Bertz CT molecular complexity index is 431. The van der Waals surface area contributed by atoms with E-state index in [4.69, 9.17) is 0 Å². The summed E-state index contributed by atoms with van der Waals surface area (Å²) in [6, 6.07) is 0. The minimum absolute atomic E-state index is 0.391. The van der Waals surface area contributed by atoms with Crippen molar-refractivity contribution >= 4 is 0 Å². The van der Waals surface area contributed by atoms with Gasteiger partial charge >= 0.3 is 0 Å². The summed E-state index contributed by atoms with van der Waals surface area (Å²) >= 11 is 0. The van der Waals surface area contributed by atoms with Gasteiger partial charge in [0.2, 0.25) is 0 Å². The molecule has 112 valence electrons. The van der Waals surface area contributed by atoms with Crippen molar-refractivity contribution in [2.24, 2.45) is 11.3 Å². The van der Waals surface area contributed by atoms with Gasteiger partial charge < -0.3 is 0 Å². The van der Waals surface area contributed by atoms with Crippen LogP contribution in [0.5, 0.6) is 0 Å². The summed E-state index contributed by atoms with van der Waals surface area (Å²) in [5.41, 5.74) is 6.85. The van der Waals surface area contributed by atoms with Crippen molar-refractivity contribution in [3.05, 3.63) is 34.9 Å². The van der Waals surface area contributed by atoms with Gasteiger partial charge in [0, 0.05) is 0 Å². The Morgan fingerprint density at radius 2 is 1.70 bits per heavy atom. The highest BCUT2D eigenvalue weighted by atomic mass is 14.4. The number of hydrogen-bond donors (Lipinski definition) is 0. The Labute approximate surface area is 126 Å². The van der Waals surface area contributed by atoms with Crippen LogP contribution in [0.1, 0.15) is 79.1 Å². The summed E-state index contributed by atoms with van der Waals surface area (Å²) in [5, 5.41) is 0. The summed E-state index contributed by atoms with van der Waals surface area (Å²) in [5.74, 6) is 0.849. The third-order valence-electron chi connectivity index (χ3n) is 5.79. The fourth-order valence-corrected chi connectivity index (χ4v) is 4.19. The molecule has 0 N–H and O–H groups in total. The Morgan fingerprint density at radius 3 is 2.45 bits per heavy atom. The molecule has 0 unspecified atom stereocenters. The average Bonchev–Trinajstić information content (AvgIpc) is 2.36. The maximum atomic E-state index is 4.29. The Morgan fingerprint density at radius 1 is 1.00 bits per heavy atom. The molecule has 0 radical (unpaired) electrons. The maximum Gasteiger partial charge on any atom is -0.0114 e. The lowest BCUT2D eigenvalue weighted by Crippen LogP contribution is -2.31. The first-order valence-corrected chi connectivity index (χ1v) is 8.42. The van der Waals surface area contributed by atoms with Crippen LogP contribution in [0.3, 0.4) is 0 Å². The topological polar surface area (TPSA) is 0 Å². The zero-order chi connectivity index (χ0) is 14.8. The van der Waals surface area contributed by atoms with Gasteiger partial charge in [-0.2, -0.15) is 0 Å². The van der Waals surface area contributed by atoms with E-state index in [1.54, 1.807) is 16.7 Å². The third-order valence-corrected chi connectivity index (χ3v) is 5.79. The second kappa shape index (κ2) is 6.33. The normalized spacial score (nSPS) is 31.1. The lowest BCUT2D eigenvalue weighted by atomic mass is 9.62. The highest BCUT2D eigenvalue weighted by Crippen LogP contribution is 2.49. The van der Waals surface area contributed by atoms with E-state index >= 15 is 0 Å². The zero-order valence-corrected chi connectivity index (χ0v) is 14.0. The highest BCUT2D eigenvalue weighted by Gasteiger charge is 2.36. The second-order valence-electron chi connectivity index (χ2n) is 7.59. The average molecular weight is 272 g/mol. The monoisotopic (exact) mass is 272 g/mol.